The molecule has 0 spiro atoms. The number of aryl methyl sites for hydroxylation is 2. The second-order valence-electron chi connectivity index (χ2n) is 17.1. The molecule has 18 heteroatoms. The Balaban J connectivity index is 0.000000199. The monoisotopic (exact) mass is 1020 g/mol. The van der Waals surface area contributed by atoms with Crippen LogP contribution in [-0.2, 0) is 38.4 Å². The number of anilines is 2. The van der Waals surface area contributed by atoms with Crippen molar-refractivity contribution in [2.45, 2.75) is 38.6 Å². The first-order valence-corrected chi connectivity index (χ1v) is 23.6. The lowest BCUT2D eigenvalue weighted by Gasteiger charge is -2.25. The Morgan fingerprint density at radius 2 is 1.04 bits per heavy atom. The minimum atomic E-state index is -0.891. The smallest absolute Gasteiger partial charge is 0.313 e. The zero-order chi connectivity index (χ0) is 53.0. The molecule has 1 aliphatic carbocycles. The molecule has 0 fully saturated rings. The SMILES string of the molecule is COc1cc2nccc(Oc3ccc(NC(=O)C(=O)NCCc4ccc(C)cc4)cc3F)c2cc1OC.COc1cc2nccc(Oc3ccc(NC(=O)C(=O)N[C@H]4CCc5ccccc5C4)cc3F)c2cc1OC. The van der Waals surface area contributed by atoms with Gasteiger partial charge in [-0.2, -0.15) is 0 Å². The van der Waals surface area contributed by atoms with Gasteiger partial charge < -0.3 is 49.7 Å². The Kier molecular flexibility index (Phi) is 16.6. The number of amides is 4. The second-order valence-corrected chi connectivity index (χ2v) is 17.1. The van der Waals surface area contributed by atoms with Crippen LogP contribution in [0.5, 0.6) is 46.0 Å². The molecule has 9 rings (SSSR count). The second kappa shape index (κ2) is 23.9. The summed E-state index contributed by atoms with van der Waals surface area (Å²) in [5.74, 6) is -2.19. The van der Waals surface area contributed by atoms with Gasteiger partial charge in [0.25, 0.3) is 0 Å². The van der Waals surface area contributed by atoms with Gasteiger partial charge in [-0.25, -0.2) is 8.78 Å². The molecule has 75 heavy (non-hydrogen) atoms. The summed E-state index contributed by atoms with van der Waals surface area (Å²) >= 11 is 0. The molecular formula is C57H52F2N6O10. The lowest BCUT2D eigenvalue weighted by atomic mass is 9.88. The van der Waals surface area contributed by atoms with Gasteiger partial charge in [0.15, 0.2) is 46.1 Å². The van der Waals surface area contributed by atoms with Crippen LogP contribution in [0.2, 0.25) is 0 Å². The lowest BCUT2D eigenvalue weighted by Crippen LogP contribution is -2.44. The predicted molar refractivity (Wildman–Crippen MR) is 278 cm³/mol. The number of hydrogen-bond donors (Lipinski definition) is 4. The van der Waals surface area contributed by atoms with Crippen LogP contribution in [-0.4, -0.2) is 74.6 Å². The van der Waals surface area contributed by atoms with Crippen molar-refractivity contribution >= 4 is 56.8 Å². The molecule has 0 saturated heterocycles. The van der Waals surface area contributed by atoms with Gasteiger partial charge in [0.05, 0.1) is 39.5 Å². The quantitative estimate of drug-likeness (QED) is 0.0754. The van der Waals surface area contributed by atoms with E-state index < -0.39 is 35.3 Å². The molecule has 1 atom stereocenters. The maximum absolute atomic E-state index is 14.9. The van der Waals surface area contributed by atoms with Gasteiger partial charge in [-0.15, -0.1) is 0 Å². The third-order valence-corrected chi connectivity index (χ3v) is 12.1. The molecule has 1 aliphatic rings. The fourth-order valence-electron chi connectivity index (χ4n) is 8.24. The van der Waals surface area contributed by atoms with Gasteiger partial charge in [-0.1, -0.05) is 54.1 Å². The van der Waals surface area contributed by atoms with Crippen molar-refractivity contribution in [1.82, 2.24) is 20.6 Å². The number of nitrogens with zero attached hydrogens (tertiary/aromatic N) is 2. The zero-order valence-electron chi connectivity index (χ0n) is 41.5. The number of pyridine rings is 2. The van der Waals surface area contributed by atoms with Crippen LogP contribution in [0, 0.1) is 18.6 Å². The number of methoxy groups -OCH3 is 4. The summed E-state index contributed by atoms with van der Waals surface area (Å²) in [7, 11) is 6.08. The minimum absolute atomic E-state index is 0.0596. The molecule has 0 unspecified atom stereocenters. The number of carbonyl (C=O) groups excluding carboxylic acids is 4. The maximum atomic E-state index is 14.9. The number of fused-ring (bicyclic) bond motifs is 3. The zero-order valence-corrected chi connectivity index (χ0v) is 41.5. The van der Waals surface area contributed by atoms with E-state index in [4.69, 9.17) is 28.4 Å². The van der Waals surface area contributed by atoms with E-state index in [2.05, 4.69) is 37.3 Å². The average Bonchev–Trinajstić information content (AvgIpc) is 3.42. The Morgan fingerprint density at radius 1 is 0.547 bits per heavy atom. The summed E-state index contributed by atoms with van der Waals surface area (Å²) in [6.45, 7) is 2.29. The van der Waals surface area contributed by atoms with Crippen LogP contribution in [0.15, 0.2) is 134 Å². The molecular weight excluding hydrogens is 967 g/mol. The van der Waals surface area contributed by atoms with E-state index in [-0.39, 0.29) is 28.9 Å². The largest absolute Gasteiger partial charge is 0.493 e. The van der Waals surface area contributed by atoms with E-state index in [1.807, 2.05) is 49.4 Å². The summed E-state index contributed by atoms with van der Waals surface area (Å²) in [6.07, 6.45) is 5.91. The van der Waals surface area contributed by atoms with E-state index in [1.165, 1.54) is 70.0 Å². The van der Waals surface area contributed by atoms with Gasteiger partial charge in [0.1, 0.15) is 11.5 Å². The number of rotatable bonds is 14. The molecule has 8 aromatic rings. The summed E-state index contributed by atoms with van der Waals surface area (Å²) < 4.78 is 62.7. The Labute approximate surface area is 430 Å². The number of carbonyl (C=O) groups is 4. The van der Waals surface area contributed by atoms with Gasteiger partial charge in [-0.05, 0) is 97.8 Å². The molecule has 4 N–H and O–H groups in total. The van der Waals surface area contributed by atoms with Crippen molar-refractivity contribution < 1.29 is 56.4 Å². The predicted octanol–water partition coefficient (Wildman–Crippen LogP) is 9.58. The lowest BCUT2D eigenvalue weighted by molar-refractivity contribution is -0.136. The topological polar surface area (TPSA) is 198 Å². The average molecular weight is 1020 g/mol. The number of benzene rings is 6. The number of nitrogens with one attached hydrogen (secondary N) is 4. The van der Waals surface area contributed by atoms with Gasteiger partial charge in [-0.3, -0.25) is 29.1 Å². The summed E-state index contributed by atoms with van der Waals surface area (Å²) in [5, 5.41) is 11.4. The molecule has 384 valence electrons. The van der Waals surface area contributed by atoms with Crippen LogP contribution in [0.3, 0.4) is 0 Å². The molecule has 2 heterocycles. The Bertz CT molecular complexity index is 3410. The fraction of sp³-hybridized carbons (Fsp3) is 0.193. The molecule has 0 saturated carbocycles. The highest BCUT2D eigenvalue weighted by Gasteiger charge is 2.24. The Hall–Kier alpha value is -9.32. The van der Waals surface area contributed by atoms with Crippen LogP contribution in [0.25, 0.3) is 21.8 Å². The maximum Gasteiger partial charge on any atom is 0.313 e. The van der Waals surface area contributed by atoms with Crippen LogP contribution in [0.1, 0.15) is 28.7 Å². The molecule has 0 bridgehead atoms. The first-order chi connectivity index (χ1) is 36.3. The van der Waals surface area contributed by atoms with Crippen molar-refractivity contribution in [2.24, 2.45) is 0 Å². The van der Waals surface area contributed by atoms with Crippen LogP contribution < -0.4 is 49.7 Å². The van der Waals surface area contributed by atoms with E-state index >= 15 is 0 Å². The van der Waals surface area contributed by atoms with Gasteiger partial charge in [0, 0.05) is 71.4 Å². The third kappa shape index (κ3) is 12.8. The molecule has 6 aromatic carbocycles. The van der Waals surface area contributed by atoms with E-state index in [1.54, 1.807) is 42.6 Å². The normalized spacial score (nSPS) is 12.5. The number of aromatic nitrogens is 2. The van der Waals surface area contributed by atoms with Crippen molar-refractivity contribution in [3.05, 3.63) is 168 Å². The van der Waals surface area contributed by atoms with Crippen molar-refractivity contribution in [3.63, 3.8) is 0 Å². The minimum Gasteiger partial charge on any atom is -0.493 e. The van der Waals surface area contributed by atoms with Crippen LogP contribution >= 0.6 is 0 Å². The Morgan fingerprint density at radius 3 is 1.55 bits per heavy atom. The molecule has 0 aliphatic heterocycles. The summed E-state index contributed by atoms with van der Waals surface area (Å²) in [4.78, 5) is 57.9. The van der Waals surface area contributed by atoms with Gasteiger partial charge in [0.2, 0.25) is 0 Å². The highest BCUT2D eigenvalue weighted by atomic mass is 19.1. The molecule has 16 nitrogen and oxygen atoms in total. The molecule has 0 radical (unpaired) electrons. The van der Waals surface area contributed by atoms with E-state index in [0.29, 0.717) is 75.7 Å². The standard InChI is InChI=1S/C29H26FN3O5.C28H26FN3O5/c1-36-26-15-21-23(16-27(26)37-2)31-12-11-24(21)38-25-10-9-20(14-22(25)30)33-29(35)28(34)32-19-8-7-17-5-3-4-6-18(17)13-19;1-17-4-6-18(7-5-17)10-12-31-27(33)28(34)32-19-8-9-24(21(29)14-19)37-23-11-13-30-22-16-26(36-3)25(35-2)15-20(22)23/h3-6,9-12,14-16,19H,7-8,13H2,1-2H3,(H,32,34)(H,33,35);4-9,11,13-16H,10,12H2,1-3H3,(H,31,33)(H,32,34)/t19-;/m0./s1. The number of halogens is 2. The number of hydrogen-bond acceptors (Lipinski definition) is 12. The molecule has 4 amide bonds. The van der Waals surface area contributed by atoms with E-state index in [9.17, 15) is 28.0 Å². The summed E-state index contributed by atoms with van der Waals surface area (Å²) in [5.41, 5.74) is 6.03. The van der Waals surface area contributed by atoms with Gasteiger partial charge >= 0.3 is 23.6 Å². The molecule has 2 aromatic heterocycles. The van der Waals surface area contributed by atoms with E-state index in [0.717, 1.165) is 36.1 Å². The highest BCUT2D eigenvalue weighted by molar-refractivity contribution is 6.40. The van der Waals surface area contributed by atoms with Crippen molar-refractivity contribution in [3.8, 4) is 46.0 Å². The van der Waals surface area contributed by atoms with Crippen molar-refractivity contribution in [1.29, 1.82) is 0 Å². The first-order valence-electron chi connectivity index (χ1n) is 23.6. The number of ether oxygens (including phenoxy) is 6. The fourth-order valence-corrected chi connectivity index (χ4v) is 8.24. The van der Waals surface area contributed by atoms with Crippen LogP contribution in [0.4, 0.5) is 20.2 Å². The first kappa shape index (κ1) is 52.0. The third-order valence-electron chi connectivity index (χ3n) is 12.1. The highest BCUT2D eigenvalue weighted by Crippen LogP contribution is 2.39. The summed E-state index contributed by atoms with van der Waals surface area (Å²) in [6, 6.07) is 33.7. The van der Waals surface area contributed by atoms with Crippen molar-refractivity contribution in [2.75, 3.05) is 45.6 Å².